The molecule has 0 aliphatic heterocycles. The van der Waals surface area contributed by atoms with E-state index >= 15 is 0 Å². The first-order chi connectivity index (χ1) is 9.61. The van der Waals surface area contributed by atoms with Crippen molar-refractivity contribution in [1.82, 2.24) is 0 Å². The van der Waals surface area contributed by atoms with Crippen molar-refractivity contribution >= 4 is 11.7 Å². The van der Waals surface area contributed by atoms with Crippen LogP contribution in [-0.2, 0) is 4.79 Å². The Balaban J connectivity index is 2.27. The van der Waals surface area contributed by atoms with Gasteiger partial charge in [0.05, 0.1) is 12.8 Å². The molecule has 0 heterocycles. The monoisotopic (exact) mass is 275 g/mol. The highest BCUT2D eigenvalue weighted by Gasteiger charge is 2.20. The van der Waals surface area contributed by atoms with E-state index < -0.39 is 17.8 Å². The molecule has 0 aliphatic rings. The first kappa shape index (κ1) is 13.9. The second-order valence-electron chi connectivity index (χ2n) is 4.17. The van der Waals surface area contributed by atoms with E-state index in [9.17, 15) is 14.3 Å². The number of carboxylic acid groups (broad SMARTS) is 1. The molecule has 1 unspecified atom stereocenters. The van der Waals surface area contributed by atoms with Crippen LogP contribution in [0, 0.1) is 5.82 Å². The fourth-order valence-electron chi connectivity index (χ4n) is 1.82. The van der Waals surface area contributed by atoms with E-state index in [0.29, 0.717) is 11.3 Å². The Morgan fingerprint density at radius 3 is 2.40 bits per heavy atom. The van der Waals surface area contributed by atoms with Crippen LogP contribution in [0.15, 0.2) is 48.5 Å². The zero-order chi connectivity index (χ0) is 14.5. The minimum Gasteiger partial charge on any atom is -0.497 e. The molecule has 0 fully saturated rings. The number of hydrogen-bond acceptors (Lipinski definition) is 3. The highest BCUT2D eigenvalue weighted by Crippen LogP contribution is 2.23. The zero-order valence-electron chi connectivity index (χ0n) is 10.8. The van der Waals surface area contributed by atoms with Gasteiger partial charge in [0.1, 0.15) is 11.6 Å². The molecule has 2 N–H and O–H groups in total. The van der Waals surface area contributed by atoms with Crippen molar-refractivity contribution < 1.29 is 19.0 Å². The van der Waals surface area contributed by atoms with Gasteiger partial charge in [-0.15, -0.1) is 0 Å². The quantitative estimate of drug-likeness (QED) is 0.880. The predicted molar refractivity (Wildman–Crippen MR) is 73.4 cm³/mol. The summed E-state index contributed by atoms with van der Waals surface area (Å²) in [5.74, 6) is -0.950. The van der Waals surface area contributed by atoms with Crippen molar-refractivity contribution in [3.63, 3.8) is 0 Å². The number of carboxylic acids is 1. The van der Waals surface area contributed by atoms with Crippen molar-refractivity contribution in [1.29, 1.82) is 0 Å². The molecule has 0 radical (unpaired) electrons. The lowest BCUT2D eigenvalue weighted by Gasteiger charge is -2.17. The Hall–Kier alpha value is -2.56. The van der Waals surface area contributed by atoms with Crippen LogP contribution in [0.2, 0.25) is 0 Å². The molecule has 0 aromatic heterocycles. The molecule has 5 heteroatoms. The average Bonchev–Trinajstić information content (AvgIpc) is 2.46. The Kier molecular flexibility index (Phi) is 4.20. The molecule has 0 saturated carbocycles. The van der Waals surface area contributed by atoms with Crippen molar-refractivity contribution in [3.8, 4) is 5.75 Å². The van der Waals surface area contributed by atoms with Crippen LogP contribution < -0.4 is 10.1 Å². The number of ether oxygens (including phenoxy) is 1. The molecule has 20 heavy (non-hydrogen) atoms. The van der Waals surface area contributed by atoms with Crippen molar-refractivity contribution in [2.45, 2.75) is 6.04 Å². The minimum atomic E-state index is -1.08. The number of methoxy groups -OCH3 is 1. The molecule has 2 aromatic carbocycles. The molecule has 0 bridgehead atoms. The first-order valence-electron chi connectivity index (χ1n) is 5.99. The number of halogens is 1. The Morgan fingerprint density at radius 2 is 1.85 bits per heavy atom. The van der Waals surface area contributed by atoms with Gasteiger partial charge in [-0.2, -0.15) is 0 Å². The van der Waals surface area contributed by atoms with E-state index in [-0.39, 0.29) is 5.69 Å². The molecule has 1 atom stereocenters. The molecular formula is C15H14FNO3. The maximum absolute atomic E-state index is 13.6. The van der Waals surface area contributed by atoms with Crippen LogP contribution in [0.3, 0.4) is 0 Å². The number of nitrogens with one attached hydrogen (secondary N) is 1. The second-order valence-corrected chi connectivity index (χ2v) is 4.17. The van der Waals surface area contributed by atoms with Gasteiger partial charge in [0.2, 0.25) is 0 Å². The molecule has 0 saturated heterocycles. The first-order valence-corrected chi connectivity index (χ1v) is 5.99. The maximum atomic E-state index is 13.6. The summed E-state index contributed by atoms with van der Waals surface area (Å²) in [7, 11) is 1.53. The summed E-state index contributed by atoms with van der Waals surface area (Å²) in [6, 6.07) is 11.5. The van der Waals surface area contributed by atoms with Crippen molar-refractivity contribution in [2.24, 2.45) is 0 Å². The molecule has 0 amide bonds. The van der Waals surface area contributed by atoms with Crippen LogP contribution in [0.5, 0.6) is 5.75 Å². The number of anilines is 1. The van der Waals surface area contributed by atoms with E-state index in [2.05, 4.69) is 5.32 Å². The largest absolute Gasteiger partial charge is 0.497 e. The summed E-state index contributed by atoms with van der Waals surface area (Å²) in [6.07, 6.45) is 0. The van der Waals surface area contributed by atoms with Crippen LogP contribution >= 0.6 is 0 Å². The van der Waals surface area contributed by atoms with Gasteiger partial charge in [0.25, 0.3) is 0 Å². The van der Waals surface area contributed by atoms with Gasteiger partial charge in [-0.25, -0.2) is 9.18 Å². The third-order valence-electron chi connectivity index (χ3n) is 2.87. The van der Waals surface area contributed by atoms with Gasteiger partial charge in [0, 0.05) is 0 Å². The smallest absolute Gasteiger partial charge is 0.330 e. The third kappa shape index (κ3) is 3.06. The lowest BCUT2D eigenvalue weighted by Crippen LogP contribution is -2.21. The predicted octanol–water partition coefficient (Wildman–Crippen LogP) is 3.07. The van der Waals surface area contributed by atoms with Crippen LogP contribution in [0.1, 0.15) is 11.6 Å². The zero-order valence-corrected chi connectivity index (χ0v) is 10.8. The van der Waals surface area contributed by atoms with Crippen LogP contribution in [0.4, 0.5) is 10.1 Å². The highest BCUT2D eigenvalue weighted by atomic mass is 19.1. The van der Waals surface area contributed by atoms with Crippen LogP contribution in [0.25, 0.3) is 0 Å². The Bertz CT molecular complexity index is 598. The molecule has 0 aliphatic carbocycles. The summed E-state index contributed by atoms with van der Waals surface area (Å²) in [4.78, 5) is 11.4. The van der Waals surface area contributed by atoms with Gasteiger partial charge in [-0.3, -0.25) is 0 Å². The molecule has 2 aromatic rings. The van der Waals surface area contributed by atoms with Gasteiger partial charge in [-0.05, 0) is 29.8 Å². The SMILES string of the molecule is COc1ccc(C(Nc2ccccc2F)C(=O)O)cc1. The van der Waals surface area contributed by atoms with E-state index in [1.807, 2.05) is 0 Å². The second kappa shape index (κ2) is 6.06. The number of hydrogen-bond donors (Lipinski definition) is 2. The number of rotatable bonds is 5. The van der Waals surface area contributed by atoms with E-state index in [4.69, 9.17) is 4.74 Å². The number of aliphatic carboxylic acids is 1. The van der Waals surface area contributed by atoms with E-state index in [0.717, 1.165) is 0 Å². The van der Waals surface area contributed by atoms with Gasteiger partial charge < -0.3 is 15.2 Å². The van der Waals surface area contributed by atoms with Crippen LogP contribution in [-0.4, -0.2) is 18.2 Å². The molecule has 104 valence electrons. The summed E-state index contributed by atoms with van der Waals surface area (Å²) in [6.45, 7) is 0. The highest BCUT2D eigenvalue weighted by molar-refractivity contribution is 5.79. The lowest BCUT2D eigenvalue weighted by atomic mass is 10.1. The fourth-order valence-corrected chi connectivity index (χ4v) is 1.82. The third-order valence-corrected chi connectivity index (χ3v) is 2.87. The number of benzene rings is 2. The molecular weight excluding hydrogens is 261 g/mol. The summed E-state index contributed by atoms with van der Waals surface area (Å²) >= 11 is 0. The Morgan fingerprint density at radius 1 is 1.20 bits per heavy atom. The maximum Gasteiger partial charge on any atom is 0.330 e. The standard InChI is InChI=1S/C15H14FNO3/c1-20-11-8-6-10(7-9-11)14(15(18)19)17-13-5-3-2-4-12(13)16/h2-9,14,17H,1H3,(H,18,19). The number of para-hydroxylation sites is 1. The summed E-state index contributed by atoms with van der Waals surface area (Å²) in [5.41, 5.74) is 0.664. The van der Waals surface area contributed by atoms with Gasteiger partial charge >= 0.3 is 5.97 Å². The lowest BCUT2D eigenvalue weighted by molar-refractivity contribution is -0.138. The molecule has 2 rings (SSSR count). The van der Waals surface area contributed by atoms with Crippen molar-refractivity contribution in [2.75, 3.05) is 12.4 Å². The van der Waals surface area contributed by atoms with E-state index in [1.165, 1.54) is 19.2 Å². The minimum absolute atomic E-state index is 0.149. The number of carbonyl (C=O) groups is 1. The van der Waals surface area contributed by atoms with Gasteiger partial charge in [0.15, 0.2) is 6.04 Å². The average molecular weight is 275 g/mol. The topological polar surface area (TPSA) is 58.6 Å². The molecule has 0 spiro atoms. The van der Waals surface area contributed by atoms with Crippen molar-refractivity contribution in [3.05, 3.63) is 59.9 Å². The summed E-state index contributed by atoms with van der Waals surface area (Å²) in [5, 5.41) is 12.0. The fraction of sp³-hybridized carbons (Fsp3) is 0.133. The Labute approximate surface area is 115 Å². The summed E-state index contributed by atoms with van der Waals surface area (Å²) < 4.78 is 18.6. The van der Waals surface area contributed by atoms with Gasteiger partial charge in [-0.1, -0.05) is 24.3 Å². The van der Waals surface area contributed by atoms with E-state index in [1.54, 1.807) is 36.4 Å². The molecule has 4 nitrogen and oxygen atoms in total. The normalized spacial score (nSPS) is 11.7.